The van der Waals surface area contributed by atoms with Crippen molar-refractivity contribution in [1.82, 2.24) is 10.1 Å². The average molecular weight is 402 g/mol. The molecule has 1 aromatic heterocycles. The largest absolute Gasteiger partial charge is 0.501 e. The second kappa shape index (κ2) is 6.19. The van der Waals surface area contributed by atoms with Crippen LogP contribution in [-0.2, 0) is 26.5 Å². The summed E-state index contributed by atoms with van der Waals surface area (Å²) in [5, 5.41) is 12.7. The van der Waals surface area contributed by atoms with E-state index in [1.807, 2.05) is 0 Å². The van der Waals surface area contributed by atoms with E-state index in [4.69, 9.17) is 9.63 Å². The highest BCUT2D eigenvalue weighted by Crippen LogP contribution is 2.52. The fourth-order valence-corrected chi connectivity index (χ4v) is 3.39. The third-order valence-corrected chi connectivity index (χ3v) is 5.84. The monoisotopic (exact) mass is 402 g/mol. The van der Waals surface area contributed by atoms with Crippen LogP contribution in [0.3, 0.4) is 0 Å². The lowest BCUT2D eigenvalue weighted by atomic mass is 9.95. The van der Waals surface area contributed by atoms with Crippen LogP contribution >= 0.6 is 0 Å². The summed E-state index contributed by atoms with van der Waals surface area (Å²) in [4.78, 5) is 14.1. The van der Waals surface area contributed by atoms with E-state index in [9.17, 15) is 26.4 Å². The Morgan fingerprint density at radius 3 is 2.33 bits per heavy atom. The third-order valence-electron chi connectivity index (χ3n) is 4.34. The number of nitrogens with zero attached hydrogens (tertiary/aromatic N) is 2. The minimum absolute atomic E-state index is 0.0555. The first-order chi connectivity index (χ1) is 12.5. The molecule has 0 spiro atoms. The van der Waals surface area contributed by atoms with Crippen molar-refractivity contribution < 1.29 is 36.0 Å². The van der Waals surface area contributed by atoms with Gasteiger partial charge in [0.2, 0.25) is 5.89 Å². The van der Waals surface area contributed by atoms with Gasteiger partial charge in [-0.25, -0.2) is 13.2 Å². The number of benzene rings is 1. The predicted octanol–water partition coefficient (Wildman–Crippen LogP) is 2.63. The van der Waals surface area contributed by atoms with Crippen LogP contribution < -0.4 is 0 Å². The van der Waals surface area contributed by atoms with Gasteiger partial charge in [0.05, 0.1) is 16.7 Å². The summed E-state index contributed by atoms with van der Waals surface area (Å²) in [6.45, 7) is 3.37. The summed E-state index contributed by atoms with van der Waals surface area (Å²) in [5.41, 5.74) is -5.64. The van der Waals surface area contributed by atoms with Crippen LogP contribution in [0.1, 0.15) is 30.1 Å². The van der Waals surface area contributed by atoms with Crippen LogP contribution in [0, 0.1) is 0 Å². The lowest BCUT2D eigenvalue weighted by molar-refractivity contribution is -0.132. The Bertz CT molecular complexity index is 1010. The number of halogens is 3. The molecule has 27 heavy (non-hydrogen) atoms. The van der Waals surface area contributed by atoms with E-state index in [0.717, 1.165) is 12.1 Å². The molecule has 1 saturated carbocycles. The fraction of sp³-hybridized carbons (Fsp3) is 0.312. The fourth-order valence-electron chi connectivity index (χ4n) is 2.63. The smallest absolute Gasteiger partial charge is 0.478 e. The normalized spacial score (nSPS) is 16.1. The summed E-state index contributed by atoms with van der Waals surface area (Å²) < 4.78 is 65.8. The van der Waals surface area contributed by atoms with Gasteiger partial charge >= 0.3 is 11.5 Å². The van der Waals surface area contributed by atoms with E-state index < -0.39 is 31.6 Å². The average Bonchev–Trinajstić information content (AvgIpc) is 3.27. The van der Waals surface area contributed by atoms with E-state index >= 15 is 0 Å². The van der Waals surface area contributed by atoms with Crippen LogP contribution in [0.5, 0.6) is 0 Å². The molecule has 1 fully saturated rings. The van der Waals surface area contributed by atoms with Crippen molar-refractivity contribution in [2.75, 3.05) is 0 Å². The van der Waals surface area contributed by atoms with Crippen LogP contribution in [0.4, 0.5) is 13.2 Å². The second-order valence-electron chi connectivity index (χ2n) is 6.15. The van der Waals surface area contributed by atoms with Gasteiger partial charge in [-0.2, -0.15) is 18.2 Å². The molecule has 1 aromatic carbocycles. The number of sulfone groups is 1. The van der Waals surface area contributed by atoms with Gasteiger partial charge < -0.3 is 9.63 Å². The summed E-state index contributed by atoms with van der Waals surface area (Å²) in [6.07, 6.45) is 1.05. The topological polar surface area (TPSA) is 110 Å². The van der Waals surface area contributed by atoms with Gasteiger partial charge in [-0.05, 0) is 30.5 Å². The maximum absolute atomic E-state index is 12.6. The predicted molar refractivity (Wildman–Crippen MR) is 84.5 cm³/mol. The van der Waals surface area contributed by atoms with Crippen molar-refractivity contribution in [2.45, 2.75) is 35.1 Å². The van der Waals surface area contributed by atoms with Gasteiger partial charge in [-0.3, -0.25) is 0 Å². The van der Waals surface area contributed by atoms with Gasteiger partial charge in [0.1, 0.15) is 0 Å². The van der Waals surface area contributed by atoms with Crippen molar-refractivity contribution in [1.29, 1.82) is 0 Å². The Morgan fingerprint density at radius 1 is 1.26 bits per heavy atom. The quantitative estimate of drug-likeness (QED) is 0.740. The number of hydrogen-bond acceptors (Lipinski definition) is 6. The van der Waals surface area contributed by atoms with Crippen molar-refractivity contribution in [3.05, 3.63) is 53.7 Å². The molecule has 2 aromatic rings. The summed E-state index contributed by atoms with van der Waals surface area (Å²) in [7, 11) is -5.42. The van der Waals surface area contributed by atoms with Crippen molar-refractivity contribution in [3.8, 4) is 0 Å². The molecule has 0 radical (unpaired) electrons. The highest BCUT2D eigenvalue weighted by atomic mass is 32.2. The molecule has 0 aliphatic heterocycles. The van der Waals surface area contributed by atoms with Gasteiger partial charge in [-0.15, -0.1) is 0 Å². The first-order valence-electron chi connectivity index (χ1n) is 7.63. The zero-order chi connectivity index (χ0) is 20.0. The first-order valence-corrected chi connectivity index (χ1v) is 9.12. The minimum Gasteiger partial charge on any atom is -0.478 e. The Labute approximate surface area is 151 Å². The zero-order valence-electron chi connectivity index (χ0n) is 13.7. The molecule has 11 heteroatoms. The Morgan fingerprint density at radius 2 is 1.85 bits per heavy atom. The lowest BCUT2D eigenvalue weighted by Crippen LogP contribution is -2.23. The van der Waals surface area contributed by atoms with Crippen molar-refractivity contribution in [3.63, 3.8) is 0 Å². The zero-order valence-corrected chi connectivity index (χ0v) is 14.5. The number of alkyl halides is 3. The molecule has 1 aliphatic rings. The number of aliphatic carboxylic acids is 1. The number of carboxylic acid groups (broad SMARTS) is 1. The maximum Gasteiger partial charge on any atom is 0.501 e. The number of carboxylic acids is 1. The molecular weight excluding hydrogens is 389 g/mol. The molecule has 0 atom stereocenters. The summed E-state index contributed by atoms with van der Waals surface area (Å²) in [5.74, 6) is -0.876. The Hall–Kier alpha value is -2.69. The highest BCUT2D eigenvalue weighted by molar-refractivity contribution is 7.92. The second-order valence-corrected chi connectivity index (χ2v) is 8.09. The van der Waals surface area contributed by atoms with Crippen molar-refractivity contribution in [2.24, 2.45) is 0 Å². The van der Waals surface area contributed by atoms with Crippen LogP contribution in [0.25, 0.3) is 0 Å². The molecular formula is C16H13F3N2O5S. The van der Waals surface area contributed by atoms with E-state index in [0.29, 0.717) is 18.4 Å². The molecule has 1 N–H and O–H groups in total. The highest BCUT2D eigenvalue weighted by Gasteiger charge is 2.51. The summed E-state index contributed by atoms with van der Waals surface area (Å²) >= 11 is 0. The number of hydrogen-bond donors (Lipinski definition) is 1. The molecule has 0 unspecified atom stereocenters. The third kappa shape index (κ3) is 3.34. The van der Waals surface area contributed by atoms with Gasteiger partial charge in [0.15, 0.2) is 5.82 Å². The molecule has 3 rings (SSSR count). The van der Waals surface area contributed by atoms with E-state index in [-0.39, 0.29) is 23.7 Å². The van der Waals surface area contributed by atoms with E-state index in [1.54, 1.807) is 0 Å². The number of aromatic nitrogens is 2. The molecule has 0 bridgehead atoms. The molecule has 1 heterocycles. The summed E-state index contributed by atoms with van der Waals surface area (Å²) in [6, 6.07) is 4.37. The molecule has 1 aliphatic carbocycles. The first kappa shape index (κ1) is 19.1. The SMILES string of the molecule is C=C(Cc1nc(C2(c3ccc(S(=O)(=O)C(F)(F)F)cc3)CC2)no1)C(=O)O. The lowest BCUT2D eigenvalue weighted by Gasteiger charge is -2.13. The van der Waals surface area contributed by atoms with Crippen LogP contribution in [-0.4, -0.2) is 35.1 Å². The Balaban J connectivity index is 1.86. The van der Waals surface area contributed by atoms with Gasteiger partial charge in [-0.1, -0.05) is 23.9 Å². The van der Waals surface area contributed by atoms with Crippen LogP contribution in [0.15, 0.2) is 45.8 Å². The molecule has 144 valence electrons. The van der Waals surface area contributed by atoms with Crippen molar-refractivity contribution >= 4 is 15.8 Å². The minimum atomic E-state index is -5.42. The van der Waals surface area contributed by atoms with Crippen LogP contribution in [0.2, 0.25) is 0 Å². The van der Waals surface area contributed by atoms with Gasteiger partial charge in [0, 0.05) is 5.57 Å². The number of rotatable bonds is 6. The Kier molecular flexibility index (Phi) is 4.37. The van der Waals surface area contributed by atoms with E-state index in [2.05, 4.69) is 16.7 Å². The number of carbonyl (C=O) groups is 1. The maximum atomic E-state index is 12.6. The molecule has 7 nitrogen and oxygen atoms in total. The molecule has 0 saturated heterocycles. The van der Waals surface area contributed by atoms with Gasteiger partial charge in [0.25, 0.3) is 9.84 Å². The molecule has 0 amide bonds. The van der Waals surface area contributed by atoms with E-state index in [1.165, 1.54) is 12.1 Å². The standard InChI is InChI=1S/C16H13F3N2O5S/c1-9(13(22)23)8-12-20-14(21-26-12)15(6-7-15)10-2-4-11(5-3-10)27(24,25)16(17,18)19/h2-5H,1,6-8H2,(H,22,23).